The molecule has 0 aliphatic rings. The second-order valence-electron chi connectivity index (χ2n) is 3.47. The number of hydrogen-bond donors (Lipinski definition) is 0. The van der Waals surface area contributed by atoms with Gasteiger partial charge in [-0.1, -0.05) is 31.2 Å². The number of hydrogen-bond acceptors (Lipinski definition) is 3. The Morgan fingerprint density at radius 2 is 1.94 bits per heavy atom. The summed E-state index contributed by atoms with van der Waals surface area (Å²) in [5, 5.41) is 0. The monoisotopic (exact) mass is 212 g/mol. The first-order valence-electron chi connectivity index (χ1n) is 5.21. The molecule has 0 spiro atoms. The van der Waals surface area contributed by atoms with E-state index >= 15 is 0 Å². The maximum Gasteiger partial charge on any atom is 0.168 e. The van der Waals surface area contributed by atoms with Crippen LogP contribution < -0.4 is 0 Å². The van der Waals surface area contributed by atoms with E-state index in [-0.39, 0.29) is 0 Å². The zero-order chi connectivity index (χ0) is 11.4. The summed E-state index contributed by atoms with van der Waals surface area (Å²) in [6, 6.07) is 9.64. The first-order valence-corrected chi connectivity index (χ1v) is 5.21. The summed E-state index contributed by atoms with van der Waals surface area (Å²) >= 11 is 0. The topological polar surface area (TPSA) is 42.9 Å². The van der Waals surface area contributed by atoms with Crippen LogP contribution in [0.15, 0.2) is 36.5 Å². The molecule has 1 aromatic carbocycles. The number of aryl methyl sites for hydroxylation is 1. The van der Waals surface area contributed by atoms with E-state index in [0.29, 0.717) is 11.5 Å². The van der Waals surface area contributed by atoms with Crippen molar-refractivity contribution >= 4 is 6.29 Å². The molecule has 80 valence electrons. The first-order chi connectivity index (χ1) is 7.83. The van der Waals surface area contributed by atoms with Crippen LogP contribution >= 0.6 is 0 Å². The van der Waals surface area contributed by atoms with Crippen LogP contribution in [0.2, 0.25) is 0 Å². The Morgan fingerprint density at radius 3 is 2.56 bits per heavy atom. The van der Waals surface area contributed by atoms with E-state index in [1.165, 1.54) is 5.56 Å². The molecule has 0 unspecified atom stereocenters. The number of carbonyl (C=O) groups is 1. The average molecular weight is 212 g/mol. The summed E-state index contributed by atoms with van der Waals surface area (Å²) < 4.78 is 0. The summed E-state index contributed by atoms with van der Waals surface area (Å²) in [5.41, 5.74) is 2.61. The predicted molar refractivity (Wildman–Crippen MR) is 62.2 cm³/mol. The molecule has 0 amide bonds. The molecule has 0 radical (unpaired) electrons. The van der Waals surface area contributed by atoms with E-state index in [1.54, 1.807) is 12.3 Å². The summed E-state index contributed by atoms with van der Waals surface area (Å²) in [7, 11) is 0. The molecule has 1 heterocycles. The Hall–Kier alpha value is -2.03. The Bertz CT molecular complexity index is 492. The van der Waals surface area contributed by atoms with Gasteiger partial charge in [-0.3, -0.25) is 4.79 Å². The Labute approximate surface area is 94.2 Å². The van der Waals surface area contributed by atoms with Crippen molar-refractivity contribution in [2.75, 3.05) is 0 Å². The molecule has 2 rings (SSSR count). The van der Waals surface area contributed by atoms with Gasteiger partial charge in [-0.15, -0.1) is 0 Å². The Balaban J connectivity index is 2.38. The molecular weight excluding hydrogens is 200 g/mol. The van der Waals surface area contributed by atoms with Crippen LogP contribution in [0.4, 0.5) is 0 Å². The van der Waals surface area contributed by atoms with Crippen molar-refractivity contribution in [3.8, 4) is 11.4 Å². The number of rotatable bonds is 3. The summed E-state index contributed by atoms with van der Waals surface area (Å²) in [5.74, 6) is 0.590. The van der Waals surface area contributed by atoms with Gasteiger partial charge in [0, 0.05) is 11.8 Å². The van der Waals surface area contributed by atoms with Crippen molar-refractivity contribution in [1.82, 2.24) is 9.97 Å². The average Bonchev–Trinajstić information content (AvgIpc) is 2.39. The summed E-state index contributed by atoms with van der Waals surface area (Å²) in [6.07, 6.45) is 3.33. The van der Waals surface area contributed by atoms with Gasteiger partial charge in [0.15, 0.2) is 12.1 Å². The molecule has 16 heavy (non-hydrogen) atoms. The van der Waals surface area contributed by atoms with Gasteiger partial charge >= 0.3 is 0 Å². The quantitative estimate of drug-likeness (QED) is 0.734. The molecule has 0 fully saturated rings. The lowest BCUT2D eigenvalue weighted by molar-refractivity contribution is 0.111. The van der Waals surface area contributed by atoms with Crippen LogP contribution in [0, 0.1) is 0 Å². The molecule has 0 bridgehead atoms. The van der Waals surface area contributed by atoms with Crippen molar-refractivity contribution in [3.05, 3.63) is 47.8 Å². The van der Waals surface area contributed by atoms with Crippen molar-refractivity contribution in [2.24, 2.45) is 0 Å². The van der Waals surface area contributed by atoms with E-state index in [2.05, 4.69) is 16.9 Å². The van der Waals surface area contributed by atoms with Crippen LogP contribution in [0.3, 0.4) is 0 Å². The lowest BCUT2D eigenvalue weighted by Gasteiger charge is -2.01. The highest BCUT2D eigenvalue weighted by atomic mass is 16.1. The fourth-order valence-electron chi connectivity index (χ4n) is 1.47. The lowest BCUT2D eigenvalue weighted by atomic mass is 10.1. The van der Waals surface area contributed by atoms with Gasteiger partial charge in [-0.05, 0) is 18.1 Å². The molecule has 1 aromatic heterocycles. The number of carbonyl (C=O) groups excluding carboxylic acids is 1. The van der Waals surface area contributed by atoms with Crippen molar-refractivity contribution < 1.29 is 4.79 Å². The SMILES string of the molecule is CCc1ccc(-c2nccc(C=O)n2)cc1. The van der Waals surface area contributed by atoms with Crippen LogP contribution in [0.5, 0.6) is 0 Å². The minimum absolute atomic E-state index is 0.407. The van der Waals surface area contributed by atoms with Gasteiger partial charge in [0.2, 0.25) is 0 Å². The molecule has 0 atom stereocenters. The fourth-order valence-corrected chi connectivity index (χ4v) is 1.47. The van der Waals surface area contributed by atoms with Gasteiger partial charge in [0.1, 0.15) is 5.69 Å². The lowest BCUT2D eigenvalue weighted by Crippen LogP contribution is -1.93. The van der Waals surface area contributed by atoms with Gasteiger partial charge in [0.25, 0.3) is 0 Å². The number of aromatic nitrogens is 2. The molecular formula is C13H12N2O. The van der Waals surface area contributed by atoms with Gasteiger partial charge in [0.05, 0.1) is 0 Å². The van der Waals surface area contributed by atoms with Crippen molar-refractivity contribution in [1.29, 1.82) is 0 Å². The number of nitrogens with zero attached hydrogens (tertiary/aromatic N) is 2. The minimum Gasteiger partial charge on any atom is -0.296 e. The zero-order valence-electron chi connectivity index (χ0n) is 9.05. The first kappa shape index (κ1) is 10.5. The molecule has 0 saturated carbocycles. The van der Waals surface area contributed by atoms with Crippen LogP contribution in [-0.4, -0.2) is 16.3 Å². The smallest absolute Gasteiger partial charge is 0.168 e. The van der Waals surface area contributed by atoms with E-state index in [0.717, 1.165) is 18.3 Å². The predicted octanol–water partition coefficient (Wildman–Crippen LogP) is 2.52. The Morgan fingerprint density at radius 1 is 1.19 bits per heavy atom. The van der Waals surface area contributed by atoms with Gasteiger partial charge in [-0.2, -0.15) is 0 Å². The van der Waals surface area contributed by atoms with E-state index < -0.39 is 0 Å². The molecule has 3 heteroatoms. The number of aldehydes is 1. The number of benzene rings is 1. The largest absolute Gasteiger partial charge is 0.296 e. The van der Waals surface area contributed by atoms with Crippen LogP contribution in [-0.2, 0) is 6.42 Å². The highest BCUT2D eigenvalue weighted by Gasteiger charge is 2.01. The highest BCUT2D eigenvalue weighted by Crippen LogP contribution is 2.15. The molecule has 0 N–H and O–H groups in total. The third kappa shape index (κ3) is 2.14. The molecule has 0 aliphatic heterocycles. The highest BCUT2D eigenvalue weighted by molar-refractivity contribution is 5.72. The zero-order valence-corrected chi connectivity index (χ0v) is 9.05. The third-order valence-electron chi connectivity index (χ3n) is 2.42. The third-order valence-corrected chi connectivity index (χ3v) is 2.42. The van der Waals surface area contributed by atoms with E-state index in [9.17, 15) is 4.79 Å². The van der Waals surface area contributed by atoms with Crippen LogP contribution in [0.1, 0.15) is 23.0 Å². The maximum absolute atomic E-state index is 10.6. The fraction of sp³-hybridized carbons (Fsp3) is 0.154. The second-order valence-corrected chi connectivity index (χ2v) is 3.47. The second kappa shape index (κ2) is 4.66. The van der Waals surface area contributed by atoms with E-state index in [1.807, 2.05) is 24.3 Å². The van der Waals surface area contributed by atoms with Crippen molar-refractivity contribution in [3.63, 3.8) is 0 Å². The van der Waals surface area contributed by atoms with E-state index in [4.69, 9.17) is 0 Å². The molecule has 3 nitrogen and oxygen atoms in total. The minimum atomic E-state index is 0.407. The van der Waals surface area contributed by atoms with Crippen molar-refractivity contribution in [2.45, 2.75) is 13.3 Å². The summed E-state index contributed by atoms with van der Waals surface area (Å²) in [6.45, 7) is 2.11. The molecule has 0 aliphatic carbocycles. The standard InChI is InChI=1S/C13H12N2O/c1-2-10-3-5-11(6-4-10)13-14-8-7-12(9-16)15-13/h3-9H,2H2,1H3. The normalized spacial score (nSPS) is 10.1. The Kier molecular flexibility index (Phi) is 3.05. The van der Waals surface area contributed by atoms with Gasteiger partial charge < -0.3 is 0 Å². The molecule has 2 aromatic rings. The summed E-state index contributed by atoms with van der Waals surface area (Å²) in [4.78, 5) is 18.9. The van der Waals surface area contributed by atoms with Gasteiger partial charge in [-0.25, -0.2) is 9.97 Å². The molecule has 0 saturated heterocycles. The maximum atomic E-state index is 10.6. The van der Waals surface area contributed by atoms with Crippen LogP contribution in [0.25, 0.3) is 11.4 Å².